The molecule has 1 rings (SSSR count). The summed E-state index contributed by atoms with van der Waals surface area (Å²) in [4.78, 5) is 0. The fraction of sp³-hybridized carbons (Fsp3) is 0.333. The number of allylic oxidation sites excluding steroid dienone is 1. The third-order valence-corrected chi connectivity index (χ3v) is 2.76. The van der Waals surface area contributed by atoms with Gasteiger partial charge in [-0.15, -0.1) is 6.58 Å². The quantitative estimate of drug-likeness (QED) is 0.463. The van der Waals surface area contributed by atoms with Gasteiger partial charge in [0.2, 0.25) is 0 Å². The van der Waals surface area contributed by atoms with Crippen LogP contribution in [0.1, 0.15) is 30.9 Å². The van der Waals surface area contributed by atoms with Crippen molar-refractivity contribution >= 4 is 10.4 Å². The molecule has 0 aliphatic heterocycles. The molecule has 1 aromatic rings. The zero-order chi connectivity index (χ0) is 12.7. The van der Waals surface area contributed by atoms with Crippen LogP contribution in [0.25, 0.3) is 0 Å². The highest BCUT2D eigenvalue weighted by atomic mass is 32.3. The summed E-state index contributed by atoms with van der Waals surface area (Å²) in [6, 6.07) is 8.96. The highest BCUT2D eigenvalue weighted by molar-refractivity contribution is 7.80. The topological polar surface area (TPSA) is 63.6 Å². The van der Waals surface area contributed by atoms with Gasteiger partial charge >= 0.3 is 10.4 Å². The molecule has 1 atom stereocenters. The predicted molar refractivity (Wildman–Crippen MR) is 65.9 cm³/mol. The van der Waals surface area contributed by atoms with Crippen molar-refractivity contribution in [3.63, 3.8) is 0 Å². The van der Waals surface area contributed by atoms with E-state index in [0.717, 1.165) is 18.4 Å². The van der Waals surface area contributed by atoms with Crippen LogP contribution in [-0.4, -0.2) is 13.0 Å². The molecule has 1 aromatic carbocycles. The highest BCUT2D eigenvalue weighted by Crippen LogP contribution is 2.24. The van der Waals surface area contributed by atoms with E-state index in [-0.39, 0.29) is 0 Å². The zero-order valence-electron chi connectivity index (χ0n) is 9.45. The Labute approximate surface area is 102 Å². The zero-order valence-corrected chi connectivity index (χ0v) is 10.3. The lowest BCUT2D eigenvalue weighted by Crippen LogP contribution is -2.11. The predicted octanol–water partition coefficient (Wildman–Crippen LogP) is 2.90. The van der Waals surface area contributed by atoms with Gasteiger partial charge in [-0.05, 0) is 24.8 Å². The van der Waals surface area contributed by atoms with Crippen molar-refractivity contribution in [3.05, 3.63) is 48.6 Å². The second-order valence-corrected chi connectivity index (χ2v) is 4.69. The first-order valence-electron chi connectivity index (χ1n) is 5.34. The molecule has 94 valence electrons. The SMILES string of the molecule is C=CCCCC(OS(=O)(=O)O)c1ccccc1. The first-order chi connectivity index (χ1) is 8.03. The maximum Gasteiger partial charge on any atom is 0.397 e. The van der Waals surface area contributed by atoms with E-state index in [0.29, 0.717) is 6.42 Å². The maximum absolute atomic E-state index is 10.8. The van der Waals surface area contributed by atoms with E-state index in [9.17, 15) is 8.42 Å². The molecule has 4 nitrogen and oxygen atoms in total. The monoisotopic (exact) mass is 256 g/mol. The van der Waals surface area contributed by atoms with Gasteiger partial charge in [-0.2, -0.15) is 8.42 Å². The number of unbranched alkanes of at least 4 members (excludes halogenated alkanes) is 1. The maximum atomic E-state index is 10.8. The second kappa shape index (κ2) is 6.54. The molecule has 0 aliphatic rings. The fourth-order valence-corrected chi connectivity index (χ4v) is 2.03. The molecule has 0 spiro atoms. The van der Waals surface area contributed by atoms with Gasteiger partial charge in [-0.1, -0.05) is 36.4 Å². The van der Waals surface area contributed by atoms with Gasteiger partial charge in [-0.25, -0.2) is 4.18 Å². The van der Waals surface area contributed by atoms with Crippen LogP contribution in [-0.2, 0) is 14.6 Å². The van der Waals surface area contributed by atoms with E-state index in [1.165, 1.54) is 0 Å². The summed E-state index contributed by atoms with van der Waals surface area (Å²) in [6.07, 6.45) is 3.15. The largest absolute Gasteiger partial charge is 0.397 e. The summed E-state index contributed by atoms with van der Waals surface area (Å²) in [5.41, 5.74) is 0.731. The van der Waals surface area contributed by atoms with Crippen molar-refractivity contribution in [2.45, 2.75) is 25.4 Å². The van der Waals surface area contributed by atoms with Crippen molar-refractivity contribution in [1.82, 2.24) is 0 Å². The third kappa shape index (κ3) is 5.63. The van der Waals surface area contributed by atoms with Gasteiger partial charge in [0.25, 0.3) is 0 Å². The Bertz CT molecular complexity index is 439. The summed E-state index contributed by atoms with van der Waals surface area (Å²) in [5, 5.41) is 0. The molecule has 0 aliphatic carbocycles. The van der Waals surface area contributed by atoms with Crippen molar-refractivity contribution in [2.75, 3.05) is 0 Å². The van der Waals surface area contributed by atoms with Gasteiger partial charge in [0.1, 0.15) is 6.10 Å². The van der Waals surface area contributed by atoms with E-state index in [4.69, 9.17) is 4.55 Å². The molecular weight excluding hydrogens is 240 g/mol. The van der Waals surface area contributed by atoms with Crippen LogP contribution in [0.2, 0.25) is 0 Å². The number of hydrogen-bond donors (Lipinski definition) is 1. The molecule has 0 amide bonds. The van der Waals surface area contributed by atoms with Gasteiger partial charge < -0.3 is 0 Å². The lowest BCUT2D eigenvalue weighted by Gasteiger charge is -2.15. The van der Waals surface area contributed by atoms with Crippen LogP contribution < -0.4 is 0 Å². The number of hydrogen-bond acceptors (Lipinski definition) is 3. The smallest absolute Gasteiger partial charge is 0.264 e. The van der Waals surface area contributed by atoms with E-state index in [1.54, 1.807) is 30.3 Å². The van der Waals surface area contributed by atoms with Crippen LogP contribution in [0.15, 0.2) is 43.0 Å². The molecule has 1 N–H and O–H groups in total. The molecule has 17 heavy (non-hydrogen) atoms. The molecule has 0 saturated carbocycles. The molecule has 0 radical (unpaired) electrons. The standard InChI is InChI=1S/C12H16O4S/c1-2-3-5-10-12(16-17(13,14)15)11-8-6-4-7-9-11/h2,4,6-9,12H,1,3,5,10H2,(H,13,14,15). The minimum Gasteiger partial charge on any atom is -0.264 e. The van der Waals surface area contributed by atoms with E-state index < -0.39 is 16.5 Å². The first kappa shape index (κ1) is 13.9. The lowest BCUT2D eigenvalue weighted by molar-refractivity contribution is 0.173. The van der Waals surface area contributed by atoms with E-state index >= 15 is 0 Å². The Kier molecular flexibility index (Phi) is 5.34. The summed E-state index contributed by atoms with van der Waals surface area (Å²) in [5.74, 6) is 0. The van der Waals surface area contributed by atoms with Crippen molar-refractivity contribution in [2.24, 2.45) is 0 Å². The molecule has 0 heterocycles. The van der Waals surface area contributed by atoms with Crippen LogP contribution in [0, 0.1) is 0 Å². The Morgan fingerprint density at radius 2 is 2.00 bits per heavy atom. The van der Waals surface area contributed by atoms with Gasteiger partial charge in [0.05, 0.1) is 0 Å². The average molecular weight is 256 g/mol. The highest BCUT2D eigenvalue weighted by Gasteiger charge is 2.18. The lowest BCUT2D eigenvalue weighted by atomic mass is 10.0. The van der Waals surface area contributed by atoms with Gasteiger partial charge in [-0.3, -0.25) is 4.55 Å². The van der Waals surface area contributed by atoms with Crippen LogP contribution in [0.3, 0.4) is 0 Å². The van der Waals surface area contributed by atoms with Crippen LogP contribution in [0.4, 0.5) is 0 Å². The minimum absolute atomic E-state index is 0.510. The van der Waals surface area contributed by atoms with Crippen molar-refractivity contribution in [1.29, 1.82) is 0 Å². The summed E-state index contributed by atoms with van der Waals surface area (Å²) in [7, 11) is -4.43. The van der Waals surface area contributed by atoms with Crippen LogP contribution >= 0.6 is 0 Å². The Hall–Kier alpha value is -1.17. The minimum atomic E-state index is -4.43. The van der Waals surface area contributed by atoms with Crippen molar-refractivity contribution in [3.8, 4) is 0 Å². The number of benzene rings is 1. The van der Waals surface area contributed by atoms with Crippen LogP contribution in [0.5, 0.6) is 0 Å². The Balaban J connectivity index is 2.75. The fourth-order valence-electron chi connectivity index (χ4n) is 1.53. The number of rotatable bonds is 7. The summed E-state index contributed by atoms with van der Waals surface area (Å²) in [6.45, 7) is 3.60. The van der Waals surface area contributed by atoms with Gasteiger partial charge in [0, 0.05) is 0 Å². The molecular formula is C12H16O4S. The molecule has 0 bridgehead atoms. The molecule has 0 fully saturated rings. The molecule has 0 saturated heterocycles. The van der Waals surface area contributed by atoms with E-state index in [2.05, 4.69) is 10.8 Å². The molecule has 1 unspecified atom stereocenters. The normalized spacial score (nSPS) is 13.2. The van der Waals surface area contributed by atoms with Crippen molar-refractivity contribution < 1.29 is 17.2 Å². The third-order valence-electron chi connectivity index (χ3n) is 2.28. The second-order valence-electron chi connectivity index (χ2n) is 3.64. The summed E-state index contributed by atoms with van der Waals surface area (Å²) >= 11 is 0. The Morgan fingerprint density at radius 1 is 1.35 bits per heavy atom. The van der Waals surface area contributed by atoms with Gasteiger partial charge in [0.15, 0.2) is 0 Å². The average Bonchev–Trinajstić information content (AvgIpc) is 2.28. The molecule has 5 heteroatoms. The van der Waals surface area contributed by atoms with E-state index in [1.807, 2.05) is 6.07 Å². The Morgan fingerprint density at radius 3 is 2.53 bits per heavy atom. The molecule has 0 aromatic heterocycles. The summed E-state index contributed by atoms with van der Waals surface area (Å²) < 4.78 is 34.9. The first-order valence-corrected chi connectivity index (χ1v) is 6.71.